The molecule has 24 heavy (non-hydrogen) atoms. The third-order valence-electron chi connectivity index (χ3n) is 3.42. The minimum Gasteiger partial charge on any atom is -0.295 e. The zero-order valence-corrected chi connectivity index (χ0v) is 14.5. The van der Waals surface area contributed by atoms with Gasteiger partial charge in [0.1, 0.15) is 0 Å². The summed E-state index contributed by atoms with van der Waals surface area (Å²) in [4.78, 5) is 15.1. The molecule has 0 aliphatic carbocycles. The highest BCUT2D eigenvalue weighted by molar-refractivity contribution is 7.92. The molecule has 6 heteroatoms. The van der Waals surface area contributed by atoms with Crippen LogP contribution in [0.2, 0.25) is 0 Å². The lowest BCUT2D eigenvalue weighted by molar-refractivity contribution is -0.112. The number of allylic oxidation sites excluding steroid dienone is 1. The molecule has 0 radical (unpaired) electrons. The summed E-state index contributed by atoms with van der Waals surface area (Å²) >= 11 is 0. The lowest BCUT2D eigenvalue weighted by Gasteiger charge is -2.24. The van der Waals surface area contributed by atoms with Crippen LogP contribution in [0.25, 0.3) is 6.08 Å². The van der Waals surface area contributed by atoms with E-state index in [-0.39, 0.29) is 18.1 Å². The third-order valence-corrected chi connectivity index (χ3v) is 5.16. The number of carbonyl (C=O) groups excluding carboxylic acids is 1. The van der Waals surface area contributed by atoms with E-state index < -0.39 is 10.0 Å². The van der Waals surface area contributed by atoms with Gasteiger partial charge >= 0.3 is 0 Å². The molecule has 0 saturated heterocycles. The van der Waals surface area contributed by atoms with Gasteiger partial charge in [0, 0.05) is 12.4 Å². The summed E-state index contributed by atoms with van der Waals surface area (Å²) in [5, 5.41) is 0. The van der Waals surface area contributed by atoms with E-state index in [1.807, 2.05) is 12.1 Å². The summed E-state index contributed by atoms with van der Waals surface area (Å²) < 4.78 is 26.4. The van der Waals surface area contributed by atoms with Crippen LogP contribution in [-0.2, 0) is 21.4 Å². The molecular formula is C18H20N2O3S. The molecule has 0 atom stereocenters. The fraction of sp³-hybridized carbons (Fsp3) is 0.222. The van der Waals surface area contributed by atoms with Crippen molar-refractivity contribution in [1.82, 2.24) is 4.98 Å². The monoisotopic (exact) mass is 344 g/mol. The Bertz CT molecular complexity index is 830. The number of carbonyl (C=O) groups is 1. The van der Waals surface area contributed by atoms with E-state index in [9.17, 15) is 13.2 Å². The molecular weight excluding hydrogens is 324 g/mol. The summed E-state index contributed by atoms with van der Waals surface area (Å²) in [5.41, 5.74) is 2.14. The minimum atomic E-state index is -3.45. The number of sulfonamides is 1. The Hall–Kier alpha value is -2.47. The van der Waals surface area contributed by atoms with Gasteiger partial charge in [0.25, 0.3) is 0 Å². The lowest BCUT2D eigenvalue weighted by Crippen LogP contribution is -2.31. The summed E-state index contributed by atoms with van der Waals surface area (Å²) in [5.74, 6) is -0.0605. The standard InChI is InChI=1S/C18H20N2O3S/c1-3-24(22,23)20(14-17-7-5-11-19-13-17)18-8-4-6-16(12-18)10-9-15(2)21/h4-13H,3,14H2,1-2H3/b10-9+. The third kappa shape index (κ3) is 4.76. The van der Waals surface area contributed by atoms with Crippen LogP contribution >= 0.6 is 0 Å². The summed E-state index contributed by atoms with van der Waals surface area (Å²) in [7, 11) is -3.45. The lowest BCUT2D eigenvalue weighted by atomic mass is 10.1. The topological polar surface area (TPSA) is 67.3 Å². The highest BCUT2D eigenvalue weighted by atomic mass is 32.2. The average Bonchev–Trinajstić information content (AvgIpc) is 2.59. The van der Waals surface area contributed by atoms with Gasteiger partial charge in [-0.15, -0.1) is 0 Å². The highest BCUT2D eigenvalue weighted by Crippen LogP contribution is 2.23. The van der Waals surface area contributed by atoms with Crippen LogP contribution in [0.15, 0.2) is 54.9 Å². The number of rotatable bonds is 7. The van der Waals surface area contributed by atoms with Gasteiger partial charge in [0.15, 0.2) is 5.78 Å². The van der Waals surface area contributed by atoms with Crippen molar-refractivity contribution in [2.24, 2.45) is 0 Å². The van der Waals surface area contributed by atoms with Crippen LogP contribution in [0.3, 0.4) is 0 Å². The molecule has 0 aliphatic heterocycles. The second kappa shape index (κ2) is 7.88. The van der Waals surface area contributed by atoms with E-state index in [0.717, 1.165) is 11.1 Å². The largest absolute Gasteiger partial charge is 0.295 e. The SMILES string of the molecule is CCS(=O)(=O)N(Cc1cccnc1)c1cccc(/C=C/C(C)=O)c1. The zero-order valence-electron chi connectivity index (χ0n) is 13.7. The molecule has 5 nitrogen and oxygen atoms in total. The molecule has 1 aromatic heterocycles. The van der Waals surface area contributed by atoms with Crippen molar-refractivity contribution < 1.29 is 13.2 Å². The molecule has 2 aromatic rings. The Morgan fingerprint density at radius 3 is 2.67 bits per heavy atom. The van der Waals surface area contributed by atoms with Crippen molar-refractivity contribution in [3.05, 3.63) is 66.0 Å². The molecule has 0 aliphatic rings. The molecule has 0 fully saturated rings. The van der Waals surface area contributed by atoms with Crippen molar-refractivity contribution in [3.8, 4) is 0 Å². The van der Waals surface area contributed by atoms with Gasteiger partial charge in [0.05, 0.1) is 18.0 Å². The number of aromatic nitrogens is 1. The van der Waals surface area contributed by atoms with E-state index in [1.165, 1.54) is 17.3 Å². The van der Waals surface area contributed by atoms with E-state index >= 15 is 0 Å². The van der Waals surface area contributed by atoms with Crippen LogP contribution in [0.1, 0.15) is 25.0 Å². The summed E-state index contributed by atoms with van der Waals surface area (Å²) in [6.45, 7) is 3.30. The fourth-order valence-electron chi connectivity index (χ4n) is 2.16. The molecule has 0 N–H and O–H groups in total. The van der Waals surface area contributed by atoms with Crippen LogP contribution in [-0.4, -0.2) is 24.9 Å². The predicted molar refractivity (Wildman–Crippen MR) is 96.0 cm³/mol. The fourth-order valence-corrected chi connectivity index (χ4v) is 3.25. The van der Waals surface area contributed by atoms with Gasteiger partial charge in [-0.25, -0.2) is 8.42 Å². The Labute approximate surface area is 142 Å². The minimum absolute atomic E-state index is 0.000769. The first-order valence-electron chi connectivity index (χ1n) is 7.60. The number of hydrogen-bond donors (Lipinski definition) is 0. The number of pyridine rings is 1. The second-order valence-corrected chi connectivity index (χ2v) is 7.49. The predicted octanol–water partition coefficient (Wildman–Crippen LogP) is 3.04. The first-order chi connectivity index (χ1) is 11.4. The Morgan fingerprint density at radius 2 is 2.04 bits per heavy atom. The van der Waals surface area contributed by atoms with E-state index in [2.05, 4.69) is 4.98 Å². The maximum absolute atomic E-state index is 12.5. The quantitative estimate of drug-likeness (QED) is 0.724. The average molecular weight is 344 g/mol. The maximum Gasteiger partial charge on any atom is 0.235 e. The van der Waals surface area contributed by atoms with Gasteiger partial charge in [-0.2, -0.15) is 0 Å². The first-order valence-corrected chi connectivity index (χ1v) is 9.21. The van der Waals surface area contributed by atoms with Gasteiger partial charge in [-0.1, -0.05) is 24.3 Å². The molecule has 1 heterocycles. The van der Waals surface area contributed by atoms with Gasteiger partial charge in [-0.05, 0) is 49.2 Å². The number of anilines is 1. The smallest absolute Gasteiger partial charge is 0.235 e. The van der Waals surface area contributed by atoms with E-state index in [0.29, 0.717) is 5.69 Å². The van der Waals surface area contributed by atoms with Crippen molar-refractivity contribution in [2.75, 3.05) is 10.1 Å². The van der Waals surface area contributed by atoms with Gasteiger partial charge < -0.3 is 0 Å². The Balaban J connectivity index is 2.40. The number of benzene rings is 1. The Morgan fingerprint density at radius 1 is 1.25 bits per heavy atom. The van der Waals surface area contributed by atoms with Crippen molar-refractivity contribution in [3.63, 3.8) is 0 Å². The number of hydrogen-bond acceptors (Lipinski definition) is 4. The summed E-state index contributed by atoms with van der Waals surface area (Å²) in [6.07, 6.45) is 6.43. The van der Waals surface area contributed by atoms with Crippen LogP contribution < -0.4 is 4.31 Å². The van der Waals surface area contributed by atoms with E-state index in [4.69, 9.17) is 0 Å². The zero-order chi connectivity index (χ0) is 17.6. The van der Waals surface area contributed by atoms with Crippen molar-refractivity contribution >= 4 is 27.6 Å². The molecule has 0 unspecified atom stereocenters. The number of ketones is 1. The van der Waals surface area contributed by atoms with Gasteiger partial charge in [0.2, 0.25) is 10.0 Å². The Kier molecular flexibility index (Phi) is 5.87. The molecule has 0 bridgehead atoms. The van der Waals surface area contributed by atoms with E-state index in [1.54, 1.807) is 49.7 Å². The maximum atomic E-state index is 12.5. The second-order valence-electron chi connectivity index (χ2n) is 5.31. The highest BCUT2D eigenvalue weighted by Gasteiger charge is 2.21. The number of nitrogens with zero attached hydrogens (tertiary/aromatic N) is 2. The van der Waals surface area contributed by atoms with Crippen molar-refractivity contribution in [2.45, 2.75) is 20.4 Å². The molecule has 0 saturated carbocycles. The van der Waals surface area contributed by atoms with Crippen LogP contribution in [0, 0.1) is 0 Å². The molecule has 0 amide bonds. The van der Waals surface area contributed by atoms with Gasteiger partial charge in [-0.3, -0.25) is 14.1 Å². The normalized spacial score (nSPS) is 11.6. The molecule has 126 valence electrons. The van der Waals surface area contributed by atoms with Crippen LogP contribution in [0.4, 0.5) is 5.69 Å². The van der Waals surface area contributed by atoms with Crippen LogP contribution in [0.5, 0.6) is 0 Å². The first kappa shape index (κ1) is 17.9. The van der Waals surface area contributed by atoms with Crippen molar-refractivity contribution in [1.29, 1.82) is 0 Å². The molecule has 2 rings (SSSR count). The molecule has 0 spiro atoms. The summed E-state index contributed by atoms with van der Waals surface area (Å²) in [6, 6.07) is 10.7. The molecule has 1 aromatic carbocycles.